The fraction of sp³-hybridized carbons (Fsp3) is 0.267. The van der Waals surface area contributed by atoms with Gasteiger partial charge in [-0.05, 0) is 48.6 Å². The maximum Gasteiger partial charge on any atom is 0.319 e. The molecule has 1 atom stereocenters. The van der Waals surface area contributed by atoms with E-state index in [1.54, 1.807) is 18.3 Å². The van der Waals surface area contributed by atoms with Crippen LogP contribution in [0.2, 0.25) is 0 Å². The van der Waals surface area contributed by atoms with E-state index in [0.29, 0.717) is 0 Å². The Morgan fingerprint density at radius 3 is 2.85 bits per heavy atom. The summed E-state index contributed by atoms with van der Waals surface area (Å²) >= 11 is 1.68. The molecule has 0 saturated carbocycles. The van der Waals surface area contributed by atoms with Gasteiger partial charge in [0.1, 0.15) is 0 Å². The number of anilines is 1. The number of nitrogens with one attached hydrogen (secondary N) is 2. The Morgan fingerprint density at radius 1 is 1.40 bits per heavy atom. The van der Waals surface area contributed by atoms with Crippen molar-refractivity contribution in [2.75, 3.05) is 11.9 Å². The van der Waals surface area contributed by atoms with Gasteiger partial charge in [0.05, 0.1) is 12.6 Å². The van der Waals surface area contributed by atoms with Gasteiger partial charge in [-0.25, -0.2) is 4.79 Å². The summed E-state index contributed by atoms with van der Waals surface area (Å²) < 4.78 is 0. The summed E-state index contributed by atoms with van der Waals surface area (Å²) in [5, 5.41) is 16.4. The molecule has 1 aromatic carbocycles. The first kappa shape index (κ1) is 14.6. The van der Waals surface area contributed by atoms with Crippen LogP contribution >= 0.6 is 11.3 Å². The first-order valence-corrected chi connectivity index (χ1v) is 7.31. The molecular formula is C15H18N2O2S. The number of benzene rings is 1. The topological polar surface area (TPSA) is 61.4 Å². The molecule has 2 aromatic rings. The monoisotopic (exact) mass is 290 g/mol. The maximum absolute atomic E-state index is 11.7. The third-order valence-corrected chi connectivity index (χ3v) is 3.96. The zero-order valence-corrected chi connectivity index (χ0v) is 12.3. The second kappa shape index (κ2) is 6.54. The van der Waals surface area contributed by atoms with Crippen LogP contribution in [-0.2, 0) is 0 Å². The van der Waals surface area contributed by atoms with Crippen molar-refractivity contribution in [3.05, 3.63) is 41.3 Å². The number of carbonyl (C=O) groups is 1. The summed E-state index contributed by atoms with van der Waals surface area (Å²) in [5.74, 6) is 0. The van der Waals surface area contributed by atoms with Crippen LogP contribution in [0, 0.1) is 6.92 Å². The van der Waals surface area contributed by atoms with Gasteiger partial charge in [0.15, 0.2) is 0 Å². The smallest absolute Gasteiger partial charge is 0.319 e. The Morgan fingerprint density at radius 2 is 2.20 bits per heavy atom. The molecule has 0 radical (unpaired) electrons. The van der Waals surface area contributed by atoms with Crippen molar-refractivity contribution in [1.29, 1.82) is 0 Å². The van der Waals surface area contributed by atoms with Gasteiger partial charge in [0.25, 0.3) is 0 Å². The first-order chi connectivity index (χ1) is 9.60. The lowest BCUT2D eigenvalue weighted by Crippen LogP contribution is -2.38. The molecule has 0 aliphatic heterocycles. The number of thiophene rings is 1. The van der Waals surface area contributed by atoms with Gasteiger partial charge in [0, 0.05) is 10.6 Å². The molecule has 1 unspecified atom stereocenters. The van der Waals surface area contributed by atoms with E-state index in [-0.39, 0.29) is 18.7 Å². The van der Waals surface area contributed by atoms with Crippen molar-refractivity contribution in [2.24, 2.45) is 0 Å². The van der Waals surface area contributed by atoms with Crippen LogP contribution in [0.1, 0.15) is 12.5 Å². The lowest BCUT2D eigenvalue weighted by molar-refractivity contribution is 0.229. The second-order valence-corrected chi connectivity index (χ2v) is 5.61. The molecule has 0 bridgehead atoms. The second-order valence-electron chi connectivity index (χ2n) is 4.70. The average Bonchev–Trinajstić information content (AvgIpc) is 2.85. The zero-order chi connectivity index (χ0) is 14.5. The highest BCUT2D eigenvalue weighted by atomic mass is 32.1. The first-order valence-electron chi connectivity index (χ1n) is 6.43. The minimum absolute atomic E-state index is 0.0815. The number of carbonyl (C=O) groups excluding carboxylic acids is 1. The van der Waals surface area contributed by atoms with Crippen LogP contribution < -0.4 is 10.6 Å². The third kappa shape index (κ3) is 3.59. The predicted octanol–water partition coefficient (Wildman–Crippen LogP) is 3.23. The molecular weight excluding hydrogens is 272 g/mol. The zero-order valence-electron chi connectivity index (χ0n) is 11.5. The number of amides is 2. The summed E-state index contributed by atoms with van der Waals surface area (Å²) in [7, 11) is 0. The Kier molecular flexibility index (Phi) is 4.76. The fourth-order valence-electron chi connectivity index (χ4n) is 1.84. The minimum atomic E-state index is -0.313. The van der Waals surface area contributed by atoms with E-state index in [1.807, 2.05) is 24.3 Å². The van der Waals surface area contributed by atoms with Crippen LogP contribution in [0.15, 0.2) is 35.7 Å². The van der Waals surface area contributed by atoms with Gasteiger partial charge < -0.3 is 15.7 Å². The van der Waals surface area contributed by atoms with Crippen molar-refractivity contribution in [1.82, 2.24) is 5.32 Å². The molecule has 0 fully saturated rings. The number of aryl methyl sites for hydroxylation is 1. The van der Waals surface area contributed by atoms with E-state index in [0.717, 1.165) is 11.3 Å². The van der Waals surface area contributed by atoms with E-state index in [4.69, 9.17) is 5.11 Å². The molecule has 5 heteroatoms. The Bertz CT molecular complexity index is 595. The van der Waals surface area contributed by atoms with Crippen molar-refractivity contribution in [2.45, 2.75) is 19.9 Å². The van der Waals surface area contributed by atoms with Gasteiger partial charge in [-0.15, -0.1) is 11.3 Å². The van der Waals surface area contributed by atoms with Crippen molar-refractivity contribution in [3.8, 4) is 10.4 Å². The Balaban J connectivity index is 2.11. The number of hydrogen-bond acceptors (Lipinski definition) is 3. The normalized spacial score (nSPS) is 11.9. The molecule has 0 aliphatic rings. The largest absolute Gasteiger partial charge is 0.394 e. The lowest BCUT2D eigenvalue weighted by Gasteiger charge is -2.12. The van der Waals surface area contributed by atoms with Crippen LogP contribution in [0.5, 0.6) is 0 Å². The standard InChI is InChI=1S/C15H18N2O2S/c1-10-6-7-20-14(10)12-4-3-5-13(8-12)17-15(19)16-11(2)9-18/h3-8,11,18H,9H2,1-2H3,(H2,16,17,19). The van der Waals surface area contributed by atoms with E-state index in [9.17, 15) is 4.79 Å². The Hall–Kier alpha value is -1.85. The molecule has 0 spiro atoms. The van der Waals surface area contributed by atoms with Gasteiger partial charge in [-0.2, -0.15) is 0 Å². The molecule has 20 heavy (non-hydrogen) atoms. The molecule has 1 aromatic heterocycles. The van der Waals surface area contributed by atoms with E-state index < -0.39 is 0 Å². The minimum Gasteiger partial charge on any atom is -0.394 e. The molecule has 0 aliphatic carbocycles. The van der Waals surface area contributed by atoms with E-state index in [2.05, 4.69) is 29.0 Å². The third-order valence-electron chi connectivity index (χ3n) is 2.90. The van der Waals surface area contributed by atoms with Crippen LogP contribution in [0.4, 0.5) is 10.5 Å². The summed E-state index contributed by atoms with van der Waals surface area (Å²) in [5.41, 5.74) is 3.05. The van der Waals surface area contributed by atoms with E-state index in [1.165, 1.54) is 10.4 Å². The van der Waals surface area contributed by atoms with Crippen LogP contribution in [-0.4, -0.2) is 23.8 Å². The van der Waals surface area contributed by atoms with Crippen LogP contribution in [0.25, 0.3) is 10.4 Å². The SMILES string of the molecule is Cc1ccsc1-c1cccc(NC(=O)NC(C)CO)c1. The van der Waals surface area contributed by atoms with Crippen molar-refractivity contribution >= 4 is 23.1 Å². The average molecular weight is 290 g/mol. The number of rotatable bonds is 4. The molecule has 1 heterocycles. The molecule has 2 rings (SSSR count). The predicted molar refractivity (Wildman–Crippen MR) is 83.2 cm³/mol. The number of aliphatic hydroxyl groups is 1. The van der Waals surface area contributed by atoms with Gasteiger partial charge in [0.2, 0.25) is 0 Å². The van der Waals surface area contributed by atoms with Crippen molar-refractivity contribution < 1.29 is 9.90 Å². The highest BCUT2D eigenvalue weighted by Crippen LogP contribution is 2.30. The van der Waals surface area contributed by atoms with Crippen LogP contribution in [0.3, 0.4) is 0 Å². The number of urea groups is 1. The molecule has 0 saturated heterocycles. The highest BCUT2D eigenvalue weighted by Gasteiger charge is 2.08. The van der Waals surface area contributed by atoms with Gasteiger partial charge in [-0.3, -0.25) is 0 Å². The fourth-order valence-corrected chi connectivity index (χ4v) is 2.77. The molecule has 3 N–H and O–H groups in total. The van der Waals surface area contributed by atoms with Gasteiger partial charge in [-0.1, -0.05) is 12.1 Å². The van der Waals surface area contributed by atoms with Gasteiger partial charge >= 0.3 is 6.03 Å². The molecule has 106 valence electrons. The quantitative estimate of drug-likeness (QED) is 0.809. The Labute approximate surface area is 122 Å². The number of aliphatic hydroxyl groups excluding tert-OH is 1. The highest BCUT2D eigenvalue weighted by molar-refractivity contribution is 7.13. The summed E-state index contributed by atoms with van der Waals surface area (Å²) in [4.78, 5) is 12.9. The molecule has 2 amide bonds. The van der Waals surface area contributed by atoms with E-state index >= 15 is 0 Å². The summed E-state index contributed by atoms with van der Waals surface area (Å²) in [6.07, 6.45) is 0. The van der Waals surface area contributed by atoms with Crippen molar-refractivity contribution in [3.63, 3.8) is 0 Å². The maximum atomic E-state index is 11.7. The molecule has 4 nitrogen and oxygen atoms in total. The summed E-state index contributed by atoms with van der Waals surface area (Å²) in [6.45, 7) is 3.73. The number of hydrogen-bond donors (Lipinski definition) is 3. The summed E-state index contributed by atoms with van der Waals surface area (Å²) in [6, 6.07) is 9.23. The lowest BCUT2D eigenvalue weighted by atomic mass is 10.1.